The molecule has 0 radical (unpaired) electrons. The zero-order valence-corrected chi connectivity index (χ0v) is 20.1. The lowest BCUT2D eigenvalue weighted by molar-refractivity contribution is -0.128. The van der Waals surface area contributed by atoms with E-state index in [1.165, 1.54) is 6.92 Å². The standard InChI is InChI=1S/C26H34N4O4/c1-4-19-9-5-7-11-22(19)29-26(33)30-15-13-21(14-16-30)28-25(32)23(27-18(2)31)17-20-10-6-8-12-24(20)34-3/h5-12,21,23H,4,13-17H2,1-3H3,(H,27,31)(H,28,32)(H,29,33). The van der Waals surface area contributed by atoms with Gasteiger partial charge in [-0.1, -0.05) is 43.3 Å². The third-order valence-electron chi connectivity index (χ3n) is 6.08. The molecule has 1 unspecified atom stereocenters. The molecule has 1 aliphatic rings. The number of ether oxygens (including phenoxy) is 1. The van der Waals surface area contributed by atoms with Crippen molar-refractivity contribution in [2.24, 2.45) is 0 Å². The van der Waals surface area contributed by atoms with Gasteiger partial charge in [0.05, 0.1) is 7.11 Å². The Morgan fingerprint density at radius 2 is 1.68 bits per heavy atom. The van der Waals surface area contributed by atoms with Gasteiger partial charge in [-0.25, -0.2) is 4.79 Å². The third-order valence-corrected chi connectivity index (χ3v) is 6.08. The lowest BCUT2D eigenvalue weighted by Crippen LogP contribution is -2.53. The number of urea groups is 1. The van der Waals surface area contributed by atoms with Gasteiger partial charge in [-0.2, -0.15) is 0 Å². The topological polar surface area (TPSA) is 99.8 Å². The van der Waals surface area contributed by atoms with Crippen molar-refractivity contribution in [2.75, 3.05) is 25.5 Å². The average molecular weight is 467 g/mol. The minimum Gasteiger partial charge on any atom is -0.496 e. The molecule has 2 aromatic rings. The van der Waals surface area contributed by atoms with Gasteiger partial charge in [0.2, 0.25) is 11.8 Å². The van der Waals surface area contributed by atoms with E-state index in [1.807, 2.05) is 48.5 Å². The fraction of sp³-hybridized carbons (Fsp3) is 0.423. The number of rotatable bonds is 8. The first kappa shape index (κ1) is 25.1. The van der Waals surface area contributed by atoms with Crippen molar-refractivity contribution >= 4 is 23.5 Å². The van der Waals surface area contributed by atoms with E-state index in [0.29, 0.717) is 38.1 Å². The normalized spacial score (nSPS) is 14.7. The number of para-hydroxylation sites is 2. The van der Waals surface area contributed by atoms with Gasteiger partial charge in [-0.3, -0.25) is 9.59 Å². The first-order valence-corrected chi connectivity index (χ1v) is 11.7. The number of piperidine rings is 1. The number of nitrogens with zero attached hydrogens (tertiary/aromatic N) is 1. The van der Waals surface area contributed by atoms with Crippen LogP contribution in [0, 0.1) is 0 Å². The average Bonchev–Trinajstić information content (AvgIpc) is 2.84. The molecule has 1 aliphatic heterocycles. The summed E-state index contributed by atoms with van der Waals surface area (Å²) in [5, 5.41) is 8.81. The van der Waals surface area contributed by atoms with Gasteiger partial charge in [0, 0.05) is 38.2 Å². The molecule has 3 N–H and O–H groups in total. The summed E-state index contributed by atoms with van der Waals surface area (Å²) in [6.07, 6.45) is 2.47. The minimum absolute atomic E-state index is 0.0617. The van der Waals surface area contributed by atoms with E-state index in [1.54, 1.807) is 12.0 Å². The maximum absolute atomic E-state index is 13.0. The third kappa shape index (κ3) is 6.73. The summed E-state index contributed by atoms with van der Waals surface area (Å²) in [4.78, 5) is 39.3. The number of benzene rings is 2. The second kappa shape index (κ2) is 12.1. The Morgan fingerprint density at radius 3 is 2.32 bits per heavy atom. The van der Waals surface area contributed by atoms with Gasteiger partial charge in [0.25, 0.3) is 0 Å². The molecule has 0 saturated carbocycles. The highest BCUT2D eigenvalue weighted by molar-refractivity contribution is 5.90. The number of hydrogen-bond acceptors (Lipinski definition) is 4. The highest BCUT2D eigenvalue weighted by Gasteiger charge is 2.28. The molecular weight excluding hydrogens is 432 g/mol. The number of aryl methyl sites for hydroxylation is 1. The van der Waals surface area contributed by atoms with Crippen LogP contribution in [0.1, 0.15) is 37.8 Å². The van der Waals surface area contributed by atoms with Crippen LogP contribution in [0.3, 0.4) is 0 Å². The maximum Gasteiger partial charge on any atom is 0.321 e. The molecule has 1 atom stereocenters. The van der Waals surface area contributed by atoms with Crippen molar-refractivity contribution < 1.29 is 19.1 Å². The van der Waals surface area contributed by atoms with Gasteiger partial charge >= 0.3 is 6.03 Å². The largest absolute Gasteiger partial charge is 0.496 e. The zero-order chi connectivity index (χ0) is 24.5. The molecule has 1 fully saturated rings. The van der Waals surface area contributed by atoms with Gasteiger partial charge in [-0.15, -0.1) is 0 Å². The summed E-state index contributed by atoms with van der Waals surface area (Å²) in [6.45, 7) is 4.54. The van der Waals surface area contributed by atoms with Crippen LogP contribution >= 0.6 is 0 Å². The molecule has 8 nitrogen and oxygen atoms in total. The lowest BCUT2D eigenvalue weighted by atomic mass is 10.0. The molecule has 1 heterocycles. The summed E-state index contributed by atoms with van der Waals surface area (Å²) in [5.41, 5.74) is 2.77. The van der Waals surface area contributed by atoms with Gasteiger partial charge in [0.1, 0.15) is 11.8 Å². The Hall–Kier alpha value is -3.55. The molecule has 0 spiro atoms. The van der Waals surface area contributed by atoms with Crippen molar-refractivity contribution in [2.45, 2.75) is 51.6 Å². The smallest absolute Gasteiger partial charge is 0.321 e. The van der Waals surface area contributed by atoms with E-state index < -0.39 is 6.04 Å². The molecule has 34 heavy (non-hydrogen) atoms. The van der Waals surface area contributed by atoms with Crippen molar-refractivity contribution in [3.63, 3.8) is 0 Å². The van der Waals surface area contributed by atoms with Crippen molar-refractivity contribution in [3.8, 4) is 5.75 Å². The predicted octanol–water partition coefficient (Wildman–Crippen LogP) is 3.12. The van der Waals surface area contributed by atoms with Crippen LogP contribution in [0.4, 0.5) is 10.5 Å². The second-order valence-corrected chi connectivity index (χ2v) is 8.48. The van der Waals surface area contributed by atoms with E-state index in [9.17, 15) is 14.4 Å². The number of methoxy groups -OCH3 is 1. The van der Waals surface area contributed by atoms with Crippen LogP contribution in [0.5, 0.6) is 5.75 Å². The summed E-state index contributed by atoms with van der Waals surface area (Å²) in [7, 11) is 1.58. The second-order valence-electron chi connectivity index (χ2n) is 8.48. The summed E-state index contributed by atoms with van der Waals surface area (Å²) < 4.78 is 5.38. The van der Waals surface area contributed by atoms with Crippen LogP contribution in [0.2, 0.25) is 0 Å². The number of hydrogen-bond donors (Lipinski definition) is 3. The van der Waals surface area contributed by atoms with Crippen LogP contribution in [0.25, 0.3) is 0 Å². The fourth-order valence-corrected chi connectivity index (χ4v) is 4.22. The Balaban J connectivity index is 1.55. The Bertz CT molecular complexity index is 1000. The van der Waals surface area contributed by atoms with Crippen molar-refractivity contribution in [1.29, 1.82) is 0 Å². The maximum atomic E-state index is 13.0. The lowest BCUT2D eigenvalue weighted by Gasteiger charge is -2.33. The molecule has 2 aromatic carbocycles. The molecule has 4 amide bonds. The molecule has 1 saturated heterocycles. The number of amides is 4. The first-order valence-electron chi connectivity index (χ1n) is 11.7. The Morgan fingerprint density at radius 1 is 1.03 bits per heavy atom. The molecule has 0 aromatic heterocycles. The number of anilines is 1. The highest BCUT2D eigenvalue weighted by atomic mass is 16.5. The number of carbonyl (C=O) groups is 3. The molecule has 3 rings (SSSR count). The van der Waals surface area contributed by atoms with E-state index >= 15 is 0 Å². The van der Waals surface area contributed by atoms with Crippen LogP contribution in [-0.2, 0) is 22.4 Å². The van der Waals surface area contributed by atoms with E-state index in [2.05, 4.69) is 22.9 Å². The van der Waals surface area contributed by atoms with Crippen molar-refractivity contribution in [1.82, 2.24) is 15.5 Å². The molecule has 0 aliphatic carbocycles. The van der Waals surface area contributed by atoms with Crippen molar-refractivity contribution in [3.05, 3.63) is 59.7 Å². The molecule has 0 bridgehead atoms. The first-order chi connectivity index (χ1) is 16.4. The van der Waals surface area contributed by atoms with Gasteiger partial charge in [-0.05, 0) is 42.5 Å². The quantitative estimate of drug-likeness (QED) is 0.557. The highest BCUT2D eigenvalue weighted by Crippen LogP contribution is 2.20. The monoisotopic (exact) mass is 466 g/mol. The molecular formula is C26H34N4O4. The summed E-state index contributed by atoms with van der Waals surface area (Å²) in [6, 6.07) is 14.3. The Labute approximate surface area is 201 Å². The van der Waals surface area contributed by atoms with E-state index in [-0.39, 0.29) is 23.9 Å². The van der Waals surface area contributed by atoms with E-state index in [0.717, 1.165) is 23.2 Å². The van der Waals surface area contributed by atoms with Gasteiger partial charge < -0.3 is 25.6 Å². The fourth-order valence-electron chi connectivity index (χ4n) is 4.22. The van der Waals surface area contributed by atoms with Crippen LogP contribution in [-0.4, -0.2) is 55.0 Å². The summed E-state index contributed by atoms with van der Waals surface area (Å²) >= 11 is 0. The summed E-state index contributed by atoms with van der Waals surface area (Å²) in [5.74, 6) is 0.171. The number of likely N-dealkylation sites (tertiary alicyclic amines) is 1. The van der Waals surface area contributed by atoms with Gasteiger partial charge in [0.15, 0.2) is 0 Å². The molecule has 8 heteroatoms. The molecule has 182 valence electrons. The predicted molar refractivity (Wildman–Crippen MR) is 132 cm³/mol. The van der Waals surface area contributed by atoms with E-state index in [4.69, 9.17) is 4.74 Å². The number of carbonyl (C=O) groups excluding carboxylic acids is 3. The van der Waals surface area contributed by atoms with Crippen LogP contribution < -0.4 is 20.7 Å². The minimum atomic E-state index is -0.708. The van der Waals surface area contributed by atoms with Crippen LogP contribution in [0.15, 0.2) is 48.5 Å². The SMILES string of the molecule is CCc1ccccc1NC(=O)N1CCC(NC(=O)C(Cc2ccccc2OC)NC(C)=O)CC1. The number of nitrogens with one attached hydrogen (secondary N) is 3. The Kier molecular flexibility index (Phi) is 8.90. The zero-order valence-electron chi connectivity index (χ0n) is 20.1.